The molecule has 0 bridgehead atoms. The zero-order valence-corrected chi connectivity index (χ0v) is 10.6. The number of hydrogen-bond donors (Lipinski definition) is 2. The molecular formula is C12H20N2O4. The topological polar surface area (TPSA) is 86.7 Å². The summed E-state index contributed by atoms with van der Waals surface area (Å²) in [4.78, 5) is 35.3. The number of piperidine rings is 1. The van der Waals surface area contributed by atoms with Crippen molar-refractivity contribution in [3.8, 4) is 0 Å². The van der Waals surface area contributed by atoms with Crippen molar-refractivity contribution in [3.63, 3.8) is 0 Å². The predicted octanol–water partition coefficient (Wildman–Crippen LogP) is 0.226. The van der Waals surface area contributed by atoms with Crippen LogP contribution < -0.4 is 5.32 Å². The zero-order chi connectivity index (χ0) is 13.5. The summed E-state index contributed by atoms with van der Waals surface area (Å²) in [5.74, 6) is -1.39. The number of hydrogen-bond acceptors (Lipinski definition) is 3. The highest BCUT2D eigenvalue weighted by molar-refractivity contribution is 5.84. The monoisotopic (exact) mass is 256 g/mol. The number of carboxylic acid groups (broad SMARTS) is 1. The van der Waals surface area contributed by atoms with Crippen LogP contribution in [0.1, 0.15) is 32.6 Å². The van der Waals surface area contributed by atoms with E-state index in [1.54, 1.807) is 4.90 Å². The molecule has 2 amide bonds. The summed E-state index contributed by atoms with van der Waals surface area (Å²) in [5, 5.41) is 11.4. The van der Waals surface area contributed by atoms with Gasteiger partial charge in [-0.1, -0.05) is 6.92 Å². The highest BCUT2D eigenvalue weighted by atomic mass is 16.4. The first-order valence-electron chi connectivity index (χ1n) is 6.31. The number of nitrogens with one attached hydrogen (secondary N) is 1. The smallest absolute Gasteiger partial charge is 0.306 e. The van der Waals surface area contributed by atoms with E-state index in [0.717, 1.165) is 6.42 Å². The largest absolute Gasteiger partial charge is 0.481 e. The Morgan fingerprint density at radius 3 is 2.39 bits per heavy atom. The van der Waals surface area contributed by atoms with Crippen LogP contribution in [0.25, 0.3) is 0 Å². The van der Waals surface area contributed by atoms with Crippen molar-refractivity contribution < 1.29 is 19.5 Å². The van der Waals surface area contributed by atoms with Gasteiger partial charge in [0.15, 0.2) is 0 Å². The molecule has 0 aromatic carbocycles. The maximum absolute atomic E-state index is 11.7. The van der Waals surface area contributed by atoms with Gasteiger partial charge in [-0.2, -0.15) is 0 Å². The lowest BCUT2D eigenvalue weighted by atomic mass is 9.97. The molecule has 1 fully saturated rings. The highest BCUT2D eigenvalue weighted by Gasteiger charge is 2.26. The third-order valence-electron chi connectivity index (χ3n) is 3.11. The van der Waals surface area contributed by atoms with Crippen molar-refractivity contribution in [2.45, 2.75) is 32.6 Å². The Labute approximate surface area is 106 Å². The third kappa shape index (κ3) is 4.35. The molecule has 0 aromatic heterocycles. The molecule has 2 N–H and O–H groups in total. The van der Waals surface area contributed by atoms with E-state index in [4.69, 9.17) is 5.11 Å². The molecule has 0 spiro atoms. The number of carboxylic acids is 1. The molecule has 1 saturated heterocycles. The summed E-state index contributed by atoms with van der Waals surface area (Å²) >= 11 is 0. The van der Waals surface area contributed by atoms with E-state index < -0.39 is 5.97 Å². The average molecular weight is 256 g/mol. The summed E-state index contributed by atoms with van der Waals surface area (Å²) in [6.45, 7) is 2.83. The van der Waals surface area contributed by atoms with Crippen LogP contribution in [0.4, 0.5) is 0 Å². The Balaban J connectivity index is 2.28. The predicted molar refractivity (Wildman–Crippen MR) is 64.9 cm³/mol. The van der Waals surface area contributed by atoms with Crippen molar-refractivity contribution >= 4 is 17.8 Å². The molecule has 0 saturated carbocycles. The number of carbonyl (C=O) groups is 3. The Hall–Kier alpha value is -1.59. The molecule has 6 nitrogen and oxygen atoms in total. The maximum atomic E-state index is 11.7. The van der Waals surface area contributed by atoms with Crippen LogP contribution in [0.3, 0.4) is 0 Å². The fraction of sp³-hybridized carbons (Fsp3) is 0.750. The Morgan fingerprint density at radius 1 is 1.28 bits per heavy atom. The van der Waals surface area contributed by atoms with Crippen LogP contribution >= 0.6 is 0 Å². The van der Waals surface area contributed by atoms with E-state index in [9.17, 15) is 14.4 Å². The fourth-order valence-corrected chi connectivity index (χ4v) is 1.98. The molecule has 6 heteroatoms. The van der Waals surface area contributed by atoms with Gasteiger partial charge in [0, 0.05) is 19.5 Å². The van der Waals surface area contributed by atoms with Crippen LogP contribution in [0, 0.1) is 5.92 Å². The van der Waals surface area contributed by atoms with Crippen molar-refractivity contribution in [2.75, 3.05) is 19.6 Å². The lowest BCUT2D eigenvalue weighted by Crippen LogP contribution is -2.45. The van der Waals surface area contributed by atoms with Gasteiger partial charge in [-0.25, -0.2) is 0 Å². The van der Waals surface area contributed by atoms with Crippen LogP contribution in [0.5, 0.6) is 0 Å². The standard InChI is InChI=1S/C12H20N2O4/c1-2-3-10(15)13-8-11(16)14-6-4-9(5-7-14)12(17)18/h9H,2-8H2,1H3,(H,13,15)(H,17,18). The summed E-state index contributed by atoms with van der Waals surface area (Å²) in [6.07, 6.45) is 2.16. The van der Waals surface area contributed by atoms with Gasteiger partial charge < -0.3 is 15.3 Å². The van der Waals surface area contributed by atoms with Gasteiger partial charge in [0.25, 0.3) is 0 Å². The summed E-state index contributed by atoms with van der Waals surface area (Å²) < 4.78 is 0. The van der Waals surface area contributed by atoms with Crippen LogP contribution in [-0.2, 0) is 14.4 Å². The molecule has 0 unspecified atom stereocenters. The molecule has 0 atom stereocenters. The number of aliphatic carboxylic acids is 1. The van der Waals surface area contributed by atoms with E-state index in [0.29, 0.717) is 32.4 Å². The minimum Gasteiger partial charge on any atom is -0.481 e. The molecule has 1 heterocycles. The van der Waals surface area contributed by atoms with Crippen molar-refractivity contribution in [2.24, 2.45) is 5.92 Å². The lowest BCUT2D eigenvalue weighted by Gasteiger charge is -2.30. The molecule has 0 radical (unpaired) electrons. The van der Waals surface area contributed by atoms with Gasteiger partial charge in [0.05, 0.1) is 12.5 Å². The van der Waals surface area contributed by atoms with Crippen molar-refractivity contribution in [1.82, 2.24) is 10.2 Å². The van der Waals surface area contributed by atoms with Gasteiger partial charge in [0.2, 0.25) is 11.8 Å². The first-order valence-corrected chi connectivity index (χ1v) is 6.31. The normalized spacial score (nSPS) is 16.4. The summed E-state index contributed by atoms with van der Waals surface area (Å²) in [7, 11) is 0. The SMILES string of the molecule is CCCC(=O)NCC(=O)N1CCC(C(=O)O)CC1. The van der Waals surface area contributed by atoms with Crippen molar-refractivity contribution in [3.05, 3.63) is 0 Å². The molecular weight excluding hydrogens is 236 g/mol. The average Bonchev–Trinajstić information content (AvgIpc) is 2.36. The van der Waals surface area contributed by atoms with E-state index in [2.05, 4.69) is 5.32 Å². The Bertz CT molecular complexity index is 322. The quantitative estimate of drug-likeness (QED) is 0.737. The van der Waals surface area contributed by atoms with Crippen LogP contribution in [0.2, 0.25) is 0 Å². The van der Waals surface area contributed by atoms with Crippen LogP contribution in [-0.4, -0.2) is 47.4 Å². The number of amides is 2. The minimum absolute atomic E-state index is 0.0105. The highest BCUT2D eigenvalue weighted by Crippen LogP contribution is 2.16. The molecule has 1 aliphatic rings. The second kappa shape index (κ2) is 6.98. The fourth-order valence-electron chi connectivity index (χ4n) is 1.98. The van der Waals surface area contributed by atoms with Gasteiger partial charge in [-0.15, -0.1) is 0 Å². The molecule has 1 rings (SSSR count). The zero-order valence-electron chi connectivity index (χ0n) is 10.6. The van der Waals surface area contributed by atoms with Gasteiger partial charge in [-0.3, -0.25) is 14.4 Å². The first kappa shape index (κ1) is 14.5. The molecule has 0 aliphatic carbocycles. The third-order valence-corrected chi connectivity index (χ3v) is 3.11. The molecule has 1 aliphatic heterocycles. The lowest BCUT2D eigenvalue weighted by molar-refractivity contribution is -0.145. The van der Waals surface area contributed by atoms with E-state index in [1.165, 1.54) is 0 Å². The summed E-state index contributed by atoms with van der Waals surface area (Å²) in [5.41, 5.74) is 0. The van der Waals surface area contributed by atoms with E-state index in [1.807, 2.05) is 6.92 Å². The maximum Gasteiger partial charge on any atom is 0.306 e. The minimum atomic E-state index is -0.793. The van der Waals surface area contributed by atoms with Crippen LogP contribution in [0.15, 0.2) is 0 Å². The number of carbonyl (C=O) groups excluding carboxylic acids is 2. The number of nitrogens with zero attached hydrogens (tertiary/aromatic N) is 1. The number of rotatable bonds is 5. The molecule has 0 aromatic rings. The number of likely N-dealkylation sites (tertiary alicyclic amines) is 1. The van der Waals surface area contributed by atoms with Gasteiger partial charge >= 0.3 is 5.97 Å². The van der Waals surface area contributed by atoms with E-state index >= 15 is 0 Å². The second-order valence-corrected chi connectivity index (χ2v) is 4.52. The van der Waals surface area contributed by atoms with E-state index in [-0.39, 0.29) is 24.3 Å². The Morgan fingerprint density at radius 2 is 1.89 bits per heavy atom. The van der Waals surface area contributed by atoms with Gasteiger partial charge in [-0.05, 0) is 19.3 Å². The van der Waals surface area contributed by atoms with Crippen molar-refractivity contribution in [1.29, 1.82) is 0 Å². The second-order valence-electron chi connectivity index (χ2n) is 4.52. The Kier molecular flexibility index (Phi) is 5.61. The first-order chi connectivity index (χ1) is 8.54. The molecule has 102 valence electrons. The summed E-state index contributed by atoms with van der Waals surface area (Å²) in [6, 6.07) is 0. The molecule has 18 heavy (non-hydrogen) atoms. The van der Waals surface area contributed by atoms with Gasteiger partial charge in [0.1, 0.15) is 0 Å².